The SMILES string of the molecule is CCc1ccsc1C(NN)C1CCC1. The first-order chi connectivity index (χ1) is 6.86. The molecule has 78 valence electrons. The zero-order valence-corrected chi connectivity index (χ0v) is 9.44. The van der Waals surface area contributed by atoms with E-state index in [1.807, 2.05) is 11.3 Å². The maximum absolute atomic E-state index is 5.65. The van der Waals surface area contributed by atoms with Crippen molar-refractivity contribution < 1.29 is 0 Å². The van der Waals surface area contributed by atoms with Crippen LogP contribution in [0.3, 0.4) is 0 Å². The molecular formula is C11H18N2S. The first-order valence-corrected chi connectivity index (χ1v) is 6.27. The maximum Gasteiger partial charge on any atom is 0.0584 e. The van der Waals surface area contributed by atoms with E-state index < -0.39 is 0 Å². The van der Waals surface area contributed by atoms with Crippen molar-refractivity contribution >= 4 is 11.3 Å². The molecule has 0 saturated heterocycles. The van der Waals surface area contributed by atoms with Crippen molar-refractivity contribution in [3.8, 4) is 0 Å². The van der Waals surface area contributed by atoms with Gasteiger partial charge in [-0.2, -0.15) is 0 Å². The van der Waals surface area contributed by atoms with Crippen LogP contribution in [0.2, 0.25) is 0 Å². The van der Waals surface area contributed by atoms with E-state index in [2.05, 4.69) is 23.8 Å². The van der Waals surface area contributed by atoms with Crippen LogP contribution in [0, 0.1) is 5.92 Å². The van der Waals surface area contributed by atoms with Crippen LogP contribution < -0.4 is 11.3 Å². The van der Waals surface area contributed by atoms with Gasteiger partial charge in [0.2, 0.25) is 0 Å². The molecule has 1 atom stereocenters. The van der Waals surface area contributed by atoms with Crippen LogP contribution in [0.15, 0.2) is 11.4 Å². The molecule has 2 rings (SSSR count). The lowest BCUT2D eigenvalue weighted by molar-refractivity contribution is 0.234. The fourth-order valence-corrected chi connectivity index (χ4v) is 3.26. The number of hydrogen-bond donors (Lipinski definition) is 2. The normalized spacial score (nSPS) is 19.3. The maximum atomic E-state index is 5.65. The van der Waals surface area contributed by atoms with Crippen LogP contribution in [0.1, 0.15) is 42.7 Å². The molecule has 0 spiro atoms. The van der Waals surface area contributed by atoms with Crippen LogP contribution in [0.4, 0.5) is 0 Å². The molecule has 1 aliphatic rings. The number of nitrogens with two attached hydrogens (primary N) is 1. The molecule has 1 saturated carbocycles. The lowest BCUT2D eigenvalue weighted by Gasteiger charge is -2.33. The number of rotatable bonds is 4. The summed E-state index contributed by atoms with van der Waals surface area (Å²) >= 11 is 1.84. The Hall–Kier alpha value is -0.380. The smallest absolute Gasteiger partial charge is 0.0584 e. The third-order valence-electron chi connectivity index (χ3n) is 3.24. The molecule has 0 aliphatic heterocycles. The molecular weight excluding hydrogens is 192 g/mol. The fourth-order valence-electron chi connectivity index (χ4n) is 2.11. The first-order valence-electron chi connectivity index (χ1n) is 5.39. The Balaban J connectivity index is 2.17. The zero-order valence-electron chi connectivity index (χ0n) is 8.62. The minimum Gasteiger partial charge on any atom is -0.271 e. The van der Waals surface area contributed by atoms with Gasteiger partial charge in [0.05, 0.1) is 6.04 Å². The van der Waals surface area contributed by atoms with E-state index in [9.17, 15) is 0 Å². The first kappa shape index (κ1) is 10.1. The van der Waals surface area contributed by atoms with Gasteiger partial charge in [-0.25, -0.2) is 0 Å². The summed E-state index contributed by atoms with van der Waals surface area (Å²) in [5.74, 6) is 6.42. The molecule has 3 N–H and O–H groups in total. The lowest BCUT2D eigenvalue weighted by atomic mass is 9.79. The summed E-state index contributed by atoms with van der Waals surface area (Å²) in [6.07, 6.45) is 5.14. The van der Waals surface area contributed by atoms with E-state index in [1.54, 1.807) is 0 Å². The van der Waals surface area contributed by atoms with E-state index in [-0.39, 0.29) is 0 Å². The molecule has 1 unspecified atom stereocenters. The molecule has 14 heavy (non-hydrogen) atoms. The Morgan fingerprint density at radius 1 is 1.64 bits per heavy atom. The highest BCUT2D eigenvalue weighted by molar-refractivity contribution is 7.10. The van der Waals surface area contributed by atoms with Crippen molar-refractivity contribution in [1.29, 1.82) is 0 Å². The van der Waals surface area contributed by atoms with Gasteiger partial charge in [-0.05, 0) is 42.2 Å². The largest absolute Gasteiger partial charge is 0.271 e. The quantitative estimate of drug-likeness (QED) is 0.592. The Bertz CT molecular complexity index is 291. The van der Waals surface area contributed by atoms with Crippen molar-refractivity contribution in [3.05, 3.63) is 21.9 Å². The summed E-state index contributed by atoms with van der Waals surface area (Å²) in [4.78, 5) is 1.46. The highest BCUT2D eigenvalue weighted by atomic mass is 32.1. The van der Waals surface area contributed by atoms with Crippen LogP contribution >= 0.6 is 11.3 Å². The van der Waals surface area contributed by atoms with Crippen molar-refractivity contribution in [2.75, 3.05) is 0 Å². The Morgan fingerprint density at radius 2 is 2.43 bits per heavy atom. The second-order valence-corrected chi connectivity index (χ2v) is 4.95. The monoisotopic (exact) mass is 210 g/mol. The molecule has 0 bridgehead atoms. The molecule has 3 heteroatoms. The third-order valence-corrected chi connectivity index (χ3v) is 4.29. The second kappa shape index (κ2) is 4.43. The van der Waals surface area contributed by atoms with Crippen LogP contribution in [0.25, 0.3) is 0 Å². The molecule has 1 aromatic rings. The van der Waals surface area contributed by atoms with Gasteiger partial charge in [-0.1, -0.05) is 13.3 Å². The average Bonchev–Trinajstić information content (AvgIpc) is 2.58. The topological polar surface area (TPSA) is 38.0 Å². The lowest BCUT2D eigenvalue weighted by Crippen LogP contribution is -2.36. The summed E-state index contributed by atoms with van der Waals surface area (Å²) in [6.45, 7) is 2.21. The van der Waals surface area contributed by atoms with Gasteiger partial charge >= 0.3 is 0 Å². The van der Waals surface area contributed by atoms with E-state index in [4.69, 9.17) is 5.84 Å². The molecule has 0 aromatic carbocycles. The highest BCUT2D eigenvalue weighted by Gasteiger charge is 2.29. The van der Waals surface area contributed by atoms with Gasteiger partial charge in [0.15, 0.2) is 0 Å². The van der Waals surface area contributed by atoms with E-state index in [0.717, 1.165) is 12.3 Å². The van der Waals surface area contributed by atoms with E-state index in [1.165, 1.54) is 29.7 Å². The van der Waals surface area contributed by atoms with Crippen LogP contribution in [-0.4, -0.2) is 0 Å². The van der Waals surface area contributed by atoms with Crippen molar-refractivity contribution in [3.63, 3.8) is 0 Å². The number of thiophene rings is 1. The minimum absolute atomic E-state index is 0.402. The summed E-state index contributed by atoms with van der Waals surface area (Å²) < 4.78 is 0. The summed E-state index contributed by atoms with van der Waals surface area (Å²) in [6, 6.07) is 2.63. The molecule has 1 aromatic heterocycles. The zero-order chi connectivity index (χ0) is 9.97. The van der Waals surface area contributed by atoms with Gasteiger partial charge in [-0.15, -0.1) is 11.3 Å². The second-order valence-electron chi connectivity index (χ2n) is 4.00. The van der Waals surface area contributed by atoms with Crippen LogP contribution in [0.5, 0.6) is 0 Å². The molecule has 0 radical (unpaired) electrons. The summed E-state index contributed by atoms with van der Waals surface area (Å²) in [7, 11) is 0. The van der Waals surface area contributed by atoms with Gasteiger partial charge in [0.1, 0.15) is 0 Å². The molecule has 1 heterocycles. The van der Waals surface area contributed by atoms with Crippen molar-refractivity contribution in [2.24, 2.45) is 11.8 Å². The van der Waals surface area contributed by atoms with Gasteiger partial charge in [-0.3, -0.25) is 11.3 Å². The van der Waals surface area contributed by atoms with Gasteiger partial charge < -0.3 is 0 Å². The predicted molar refractivity (Wildman–Crippen MR) is 61.1 cm³/mol. The van der Waals surface area contributed by atoms with Gasteiger partial charge in [0.25, 0.3) is 0 Å². The van der Waals surface area contributed by atoms with Crippen molar-refractivity contribution in [2.45, 2.75) is 38.6 Å². The number of hydrazine groups is 1. The number of aryl methyl sites for hydroxylation is 1. The molecule has 1 aliphatic carbocycles. The minimum atomic E-state index is 0.402. The van der Waals surface area contributed by atoms with Crippen LogP contribution in [-0.2, 0) is 6.42 Å². The number of hydrogen-bond acceptors (Lipinski definition) is 3. The fraction of sp³-hybridized carbons (Fsp3) is 0.636. The Labute approximate surface area is 89.5 Å². The Kier molecular flexibility index (Phi) is 3.21. The molecule has 0 amide bonds. The molecule has 1 fully saturated rings. The summed E-state index contributed by atoms with van der Waals surface area (Å²) in [5, 5.41) is 2.18. The standard InChI is InChI=1S/C11H18N2S/c1-2-8-6-7-14-11(8)10(13-12)9-4-3-5-9/h6-7,9-10,13H,2-5,12H2,1H3. The number of nitrogens with one attached hydrogen (secondary N) is 1. The van der Waals surface area contributed by atoms with Gasteiger partial charge in [0, 0.05) is 4.88 Å². The third kappa shape index (κ3) is 1.72. The van der Waals surface area contributed by atoms with E-state index >= 15 is 0 Å². The highest BCUT2D eigenvalue weighted by Crippen LogP contribution is 2.40. The molecule has 2 nitrogen and oxygen atoms in total. The summed E-state index contributed by atoms with van der Waals surface area (Å²) in [5.41, 5.74) is 4.45. The van der Waals surface area contributed by atoms with E-state index in [0.29, 0.717) is 6.04 Å². The van der Waals surface area contributed by atoms with Crippen molar-refractivity contribution in [1.82, 2.24) is 5.43 Å². The predicted octanol–water partition coefficient (Wildman–Crippen LogP) is 2.62. The average molecular weight is 210 g/mol. The Morgan fingerprint density at radius 3 is 2.93 bits per heavy atom.